The Balaban J connectivity index is 2.76. The molecule has 0 fully saturated rings. The number of carbonyl (C=O) groups is 1. The van der Waals surface area contributed by atoms with Gasteiger partial charge in [-0.25, -0.2) is 0 Å². The SMILES string of the molecule is COc1cccc(C(CCCC(=O)O)N=[N+]=[N-])c1. The first-order valence-corrected chi connectivity index (χ1v) is 5.57. The van der Waals surface area contributed by atoms with Gasteiger partial charge in [-0.15, -0.1) is 0 Å². The lowest BCUT2D eigenvalue weighted by atomic mass is 10.0. The predicted octanol–water partition coefficient (Wildman–Crippen LogP) is 3.30. The fraction of sp³-hybridized carbons (Fsp3) is 0.417. The maximum Gasteiger partial charge on any atom is 0.303 e. The van der Waals surface area contributed by atoms with Crippen LogP contribution in [0.1, 0.15) is 30.9 Å². The molecule has 0 amide bonds. The van der Waals surface area contributed by atoms with Gasteiger partial charge in [0, 0.05) is 11.3 Å². The lowest BCUT2D eigenvalue weighted by Gasteiger charge is -2.11. The van der Waals surface area contributed by atoms with E-state index in [1.165, 1.54) is 0 Å². The van der Waals surface area contributed by atoms with Gasteiger partial charge in [0.1, 0.15) is 5.75 Å². The van der Waals surface area contributed by atoms with E-state index >= 15 is 0 Å². The molecule has 0 aliphatic carbocycles. The zero-order valence-corrected chi connectivity index (χ0v) is 10.1. The van der Waals surface area contributed by atoms with E-state index in [0.29, 0.717) is 18.6 Å². The van der Waals surface area contributed by atoms with Crippen LogP contribution in [0.4, 0.5) is 0 Å². The molecule has 0 heterocycles. The third-order valence-corrected chi connectivity index (χ3v) is 2.54. The first kappa shape index (κ1) is 13.9. The number of carboxylic acids is 1. The summed E-state index contributed by atoms with van der Waals surface area (Å²) >= 11 is 0. The summed E-state index contributed by atoms with van der Waals surface area (Å²) in [6.07, 6.45) is 1.04. The van der Waals surface area contributed by atoms with Crippen LogP contribution >= 0.6 is 0 Å². The molecule has 1 aromatic carbocycles. The Bertz CT molecular complexity index is 456. The fourth-order valence-electron chi connectivity index (χ4n) is 1.65. The molecule has 6 nitrogen and oxygen atoms in total. The Hall–Kier alpha value is -2.20. The summed E-state index contributed by atoms with van der Waals surface area (Å²) in [7, 11) is 1.56. The van der Waals surface area contributed by atoms with Gasteiger partial charge >= 0.3 is 5.97 Å². The van der Waals surface area contributed by atoms with E-state index in [-0.39, 0.29) is 12.5 Å². The zero-order valence-electron chi connectivity index (χ0n) is 10.1. The smallest absolute Gasteiger partial charge is 0.303 e. The number of benzene rings is 1. The van der Waals surface area contributed by atoms with E-state index in [9.17, 15) is 4.79 Å². The van der Waals surface area contributed by atoms with E-state index in [1.54, 1.807) is 19.2 Å². The third kappa shape index (κ3) is 4.35. The zero-order chi connectivity index (χ0) is 13.4. The van der Waals surface area contributed by atoms with Crippen LogP contribution in [0, 0.1) is 0 Å². The molecular formula is C12H15N3O3. The minimum Gasteiger partial charge on any atom is -0.497 e. The highest BCUT2D eigenvalue weighted by molar-refractivity contribution is 5.66. The Morgan fingerprint density at radius 1 is 1.61 bits per heavy atom. The van der Waals surface area contributed by atoms with Gasteiger partial charge in [0.25, 0.3) is 0 Å². The Morgan fingerprint density at radius 2 is 2.39 bits per heavy atom. The van der Waals surface area contributed by atoms with E-state index in [2.05, 4.69) is 10.0 Å². The molecule has 6 heteroatoms. The number of azide groups is 1. The third-order valence-electron chi connectivity index (χ3n) is 2.54. The van der Waals surface area contributed by atoms with Crippen molar-refractivity contribution in [2.75, 3.05) is 7.11 Å². The van der Waals surface area contributed by atoms with E-state index in [4.69, 9.17) is 15.4 Å². The van der Waals surface area contributed by atoms with Crippen molar-refractivity contribution in [2.24, 2.45) is 5.11 Å². The average molecular weight is 249 g/mol. The molecule has 1 aromatic rings. The standard InChI is InChI=1S/C12H15N3O3/c1-18-10-5-2-4-9(8-10)11(14-15-13)6-3-7-12(16)17/h2,4-5,8,11H,3,6-7H2,1H3,(H,16,17). The molecule has 0 bridgehead atoms. The van der Waals surface area contributed by atoms with Crippen LogP contribution in [-0.4, -0.2) is 18.2 Å². The Kier molecular flexibility index (Phi) is 5.54. The van der Waals surface area contributed by atoms with Crippen LogP contribution in [0.5, 0.6) is 5.75 Å². The summed E-state index contributed by atoms with van der Waals surface area (Å²) < 4.78 is 5.10. The monoisotopic (exact) mass is 249 g/mol. The van der Waals surface area contributed by atoms with Gasteiger partial charge in [0.2, 0.25) is 0 Å². The molecule has 1 rings (SSSR count). The van der Waals surface area contributed by atoms with E-state index < -0.39 is 5.97 Å². The number of nitrogens with zero attached hydrogens (tertiary/aromatic N) is 3. The molecule has 1 unspecified atom stereocenters. The van der Waals surface area contributed by atoms with Crippen LogP contribution < -0.4 is 4.74 Å². The maximum absolute atomic E-state index is 10.5. The number of carboxylic acid groups (broad SMARTS) is 1. The predicted molar refractivity (Wildman–Crippen MR) is 66.4 cm³/mol. The van der Waals surface area contributed by atoms with Crippen LogP contribution in [0.2, 0.25) is 0 Å². The van der Waals surface area contributed by atoms with Gasteiger partial charge in [-0.2, -0.15) is 0 Å². The molecule has 96 valence electrons. The summed E-state index contributed by atoms with van der Waals surface area (Å²) in [6.45, 7) is 0. The number of hydrogen-bond donors (Lipinski definition) is 1. The molecule has 0 saturated heterocycles. The topological polar surface area (TPSA) is 95.3 Å². The number of hydrogen-bond acceptors (Lipinski definition) is 3. The molecule has 0 aromatic heterocycles. The first-order valence-electron chi connectivity index (χ1n) is 5.57. The summed E-state index contributed by atoms with van der Waals surface area (Å²) in [5.41, 5.74) is 9.37. The minimum absolute atomic E-state index is 0.0709. The summed E-state index contributed by atoms with van der Waals surface area (Å²) in [6, 6.07) is 6.88. The van der Waals surface area contributed by atoms with Gasteiger partial charge in [-0.05, 0) is 36.1 Å². The van der Waals surface area contributed by atoms with Crippen molar-refractivity contribution in [3.8, 4) is 5.75 Å². The van der Waals surface area contributed by atoms with Crippen LogP contribution in [-0.2, 0) is 4.79 Å². The van der Waals surface area contributed by atoms with Gasteiger partial charge in [-0.3, -0.25) is 4.79 Å². The molecule has 1 N–H and O–H groups in total. The highest BCUT2D eigenvalue weighted by Crippen LogP contribution is 2.26. The van der Waals surface area contributed by atoms with Crippen molar-refractivity contribution in [3.63, 3.8) is 0 Å². The molecule has 0 aliphatic rings. The second-order valence-corrected chi connectivity index (χ2v) is 3.78. The van der Waals surface area contributed by atoms with Crippen molar-refractivity contribution in [3.05, 3.63) is 40.3 Å². The highest BCUT2D eigenvalue weighted by Gasteiger charge is 2.11. The Morgan fingerprint density at radius 3 is 3.00 bits per heavy atom. The molecule has 0 radical (unpaired) electrons. The largest absolute Gasteiger partial charge is 0.497 e. The first-order chi connectivity index (χ1) is 8.67. The summed E-state index contributed by atoms with van der Waals surface area (Å²) in [5, 5.41) is 12.3. The van der Waals surface area contributed by atoms with Crippen LogP contribution in [0.3, 0.4) is 0 Å². The quantitative estimate of drug-likeness (QED) is 0.456. The van der Waals surface area contributed by atoms with Gasteiger partial charge < -0.3 is 9.84 Å². The second-order valence-electron chi connectivity index (χ2n) is 3.78. The van der Waals surface area contributed by atoms with E-state index in [1.807, 2.05) is 12.1 Å². The number of aliphatic carboxylic acids is 1. The van der Waals surface area contributed by atoms with Gasteiger partial charge in [0.15, 0.2) is 0 Å². The normalized spacial score (nSPS) is 11.4. The van der Waals surface area contributed by atoms with Gasteiger partial charge in [0.05, 0.1) is 13.2 Å². The number of rotatable bonds is 7. The molecule has 0 saturated carbocycles. The molecule has 0 aliphatic heterocycles. The average Bonchev–Trinajstić information content (AvgIpc) is 2.37. The van der Waals surface area contributed by atoms with Crippen molar-refractivity contribution >= 4 is 5.97 Å². The van der Waals surface area contributed by atoms with Gasteiger partial charge in [-0.1, -0.05) is 17.2 Å². The van der Waals surface area contributed by atoms with Crippen LogP contribution in [0.15, 0.2) is 29.4 Å². The van der Waals surface area contributed by atoms with Crippen molar-refractivity contribution < 1.29 is 14.6 Å². The molecule has 0 spiro atoms. The summed E-state index contributed by atoms with van der Waals surface area (Å²) in [5.74, 6) is -0.163. The molecule has 18 heavy (non-hydrogen) atoms. The fourth-order valence-corrected chi connectivity index (χ4v) is 1.65. The Labute approximate surface area is 105 Å². The number of ether oxygens (including phenoxy) is 1. The molecular weight excluding hydrogens is 234 g/mol. The maximum atomic E-state index is 10.5. The lowest BCUT2D eigenvalue weighted by Crippen LogP contribution is -1.99. The second kappa shape index (κ2) is 7.19. The highest BCUT2D eigenvalue weighted by atomic mass is 16.5. The molecule has 1 atom stereocenters. The summed E-state index contributed by atoms with van der Waals surface area (Å²) in [4.78, 5) is 13.3. The van der Waals surface area contributed by atoms with Crippen LogP contribution in [0.25, 0.3) is 10.4 Å². The van der Waals surface area contributed by atoms with E-state index in [0.717, 1.165) is 5.56 Å². The number of methoxy groups -OCH3 is 1. The lowest BCUT2D eigenvalue weighted by molar-refractivity contribution is -0.137. The minimum atomic E-state index is -0.847. The van der Waals surface area contributed by atoms with Crippen molar-refractivity contribution in [1.29, 1.82) is 0 Å². The van der Waals surface area contributed by atoms with Crippen molar-refractivity contribution in [1.82, 2.24) is 0 Å². The van der Waals surface area contributed by atoms with Crippen molar-refractivity contribution in [2.45, 2.75) is 25.3 Å².